The first-order valence-corrected chi connectivity index (χ1v) is 10.3. The Morgan fingerprint density at radius 2 is 2.00 bits per heavy atom. The van der Waals surface area contributed by atoms with Crippen molar-refractivity contribution in [2.24, 2.45) is 5.92 Å². The number of hydrogen-bond acceptors (Lipinski definition) is 5. The number of carbonyl (C=O) groups excluding carboxylic acids is 1. The fourth-order valence-electron chi connectivity index (χ4n) is 3.98. The predicted octanol–water partition coefficient (Wildman–Crippen LogP) is 4.23. The number of benzene rings is 1. The summed E-state index contributed by atoms with van der Waals surface area (Å²) in [5.74, 6) is 1.36. The van der Waals surface area contributed by atoms with E-state index in [4.69, 9.17) is 5.73 Å². The summed E-state index contributed by atoms with van der Waals surface area (Å²) >= 11 is 0. The molecule has 3 heterocycles. The van der Waals surface area contributed by atoms with Crippen LogP contribution in [-0.2, 0) is 0 Å². The number of nitrogens with one attached hydrogen (secondary N) is 1. The Labute approximate surface area is 180 Å². The second-order valence-corrected chi connectivity index (χ2v) is 7.81. The minimum atomic E-state index is -0.302. The molecule has 1 atom stereocenters. The van der Waals surface area contributed by atoms with Gasteiger partial charge in [-0.15, -0.1) is 0 Å². The van der Waals surface area contributed by atoms with E-state index >= 15 is 0 Å². The van der Waals surface area contributed by atoms with Gasteiger partial charge in [-0.2, -0.15) is 0 Å². The van der Waals surface area contributed by atoms with Crippen molar-refractivity contribution < 1.29 is 9.18 Å². The average Bonchev–Trinajstić information content (AvgIpc) is 2.72. The number of nitrogens with zero attached hydrogens (tertiary/aromatic N) is 4. The molecular weight excluding hydrogens is 395 g/mol. The van der Waals surface area contributed by atoms with Crippen molar-refractivity contribution in [2.75, 3.05) is 24.1 Å². The molecule has 0 aliphatic carbocycles. The molecule has 1 aromatic carbocycles. The molecule has 0 radical (unpaired) electrons. The molecular formula is C23H25FN6O. The molecule has 0 saturated carbocycles. The van der Waals surface area contributed by atoms with Crippen LogP contribution in [0.25, 0.3) is 11.3 Å². The minimum absolute atomic E-state index is 0.221. The second-order valence-electron chi connectivity index (χ2n) is 7.81. The highest BCUT2D eigenvalue weighted by Gasteiger charge is 2.37. The van der Waals surface area contributed by atoms with E-state index in [0.29, 0.717) is 36.2 Å². The second kappa shape index (κ2) is 8.67. The van der Waals surface area contributed by atoms with Gasteiger partial charge in [0.15, 0.2) is 5.82 Å². The lowest BCUT2D eigenvalue weighted by Gasteiger charge is -2.42. The first-order valence-electron chi connectivity index (χ1n) is 10.3. The van der Waals surface area contributed by atoms with Crippen LogP contribution in [-0.4, -0.2) is 39.0 Å². The van der Waals surface area contributed by atoms with Gasteiger partial charge < -0.3 is 10.6 Å². The Hall–Kier alpha value is -3.55. The van der Waals surface area contributed by atoms with E-state index in [0.717, 1.165) is 23.4 Å². The van der Waals surface area contributed by atoms with Gasteiger partial charge in [-0.1, -0.05) is 6.92 Å². The third-order valence-corrected chi connectivity index (χ3v) is 5.74. The van der Waals surface area contributed by atoms with Gasteiger partial charge in [-0.25, -0.2) is 24.1 Å². The van der Waals surface area contributed by atoms with Crippen molar-refractivity contribution >= 4 is 17.5 Å². The smallest absolute Gasteiger partial charge is 0.323 e. The van der Waals surface area contributed by atoms with Crippen LogP contribution < -0.4 is 11.1 Å². The molecule has 3 N–H and O–H groups in total. The van der Waals surface area contributed by atoms with Gasteiger partial charge in [0.1, 0.15) is 11.6 Å². The molecule has 1 fully saturated rings. The van der Waals surface area contributed by atoms with Crippen molar-refractivity contribution in [3.05, 3.63) is 66.0 Å². The molecule has 2 aromatic heterocycles. The SMILES string of the molecule is CCC(c1ncccn1)C1CN(C(=O)Nc2nc(-c3ccc(F)cc3C)ccc2N)C1. The van der Waals surface area contributed by atoms with Crippen molar-refractivity contribution in [1.29, 1.82) is 0 Å². The zero-order valence-electron chi connectivity index (χ0n) is 17.5. The molecule has 0 spiro atoms. The average molecular weight is 420 g/mol. The normalized spacial score (nSPS) is 14.7. The number of carbonyl (C=O) groups is 1. The van der Waals surface area contributed by atoms with Crippen LogP contribution in [0.4, 0.5) is 20.7 Å². The first kappa shape index (κ1) is 20.7. The number of rotatable bonds is 5. The molecule has 1 aliphatic heterocycles. The molecule has 8 heteroatoms. The number of likely N-dealkylation sites (tertiary alicyclic amines) is 1. The first-order chi connectivity index (χ1) is 15.0. The molecule has 7 nitrogen and oxygen atoms in total. The standard InChI is InChI=1S/C23H25FN6O/c1-3-17(21-26-9-4-10-27-21)15-12-30(13-15)23(31)29-22-19(25)7-8-20(28-22)18-6-5-16(24)11-14(18)2/h4-11,15,17H,3,12-13,25H2,1-2H3,(H,28,29,31). The summed E-state index contributed by atoms with van der Waals surface area (Å²) in [6, 6.07) is 9.52. The van der Waals surface area contributed by atoms with Crippen LogP contribution in [0.3, 0.4) is 0 Å². The number of urea groups is 1. The maximum Gasteiger partial charge on any atom is 0.323 e. The number of amides is 2. The van der Waals surface area contributed by atoms with Crippen molar-refractivity contribution in [2.45, 2.75) is 26.2 Å². The topological polar surface area (TPSA) is 97.0 Å². The highest BCUT2D eigenvalue weighted by molar-refractivity contribution is 5.92. The van der Waals surface area contributed by atoms with Crippen LogP contribution in [0.5, 0.6) is 0 Å². The lowest BCUT2D eigenvalue weighted by atomic mass is 9.83. The van der Waals surface area contributed by atoms with E-state index in [1.54, 1.807) is 41.6 Å². The number of nitrogens with two attached hydrogens (primary N) is 1. The predicted molar refractivity (Wildman–Crippen MR) is 118 cm³/mol. The Balaban J connectivity index is 1.44. The summed E-state index contributed by atoms with van der Waals surface area (Å²) in [4.78, 5) is 27.7. The van der Waals surface area contributed by atoms with Crippen molar-refractivity contribution in [3.8, 4) is 11.3 Å². The minimum Gasteiger partial charge on any atom is -0.396 e. The maximum atomic E-state index is 13.4. The molecule has 1 unspecified atom stereocenters. The zero-order chi connectivity index (χ0) is 22.0. The van der Waals surface area contributed by atoms with E-state index in [9.17, 15) is 9.18 Å². The molecule has 2 amide bonds. The fourth-order valence-corrected chi connectivity index (χ4v) is 3.98. The third kappa shape index (κ3) is 4.33. The van der Waals surface area contributed by atoms with Crippen LogP contribution in [0, 0.1) is 18.7 Å². The lowest BCUT2D eigenvalue weighted by molar-refractivity contribution is 0.110. The molecule has 31 heavy (non-hydrogen) atoms. The van der Waals surface area contributed by atoms with E-state index in [1.807, 2.05) is 6.92 Å². The van der Waals surface area contributed by atoms with Gasteiger partial charge >= 0.3 is 6.03 Å². The van der Waals surface area contributed by atoms with Crippen molar-refractivity contribution in [1.82, 2.24) is 19.9 Å². The Bertz CT molecular complexity index is 1080. The summed E-state index contributed by atoms with van der Waals surface area (Å²) in [7, 11) is 0. The Morgan fingerprint density at radius 1 is 1.26 bits per heavy atom. The number of aryl methyl sites for hydroxylation is 1. The molecule has 1 saturated heterocycles. The zero-order valence-corrected chi connectivity index (χ0v) is 17.5. The summed E-state index contributed by atoms with van der Waals surface area (Å²) in [6.07, 6.45) is 4.41. The van der Waals surface area contributed by atoms with Gasteiger partial charge in [-0.3, -0.25) is 5.32 Å². The van der Waals surface area contributed by atoms with Crippen molar-refractivity contribution in [3.63, 3.8) is 0 Å². The Kier molecular flexibility index (Phi) is 5.79. The number of pyridine rings is 1. The van der Waals surface area contributed by atoms with E-state index in [1.165, 1.54) is 12.1 Å². The number of anilines is 2. The highest BCUT2D eigenvalue weighted by Crippen LogP contribution is 2.33. The van der Waals surface area contributed by atoms with Crippen LogP contribution in [0.2, 0.25) is 0 Å². The molecule has 1 aliphatic rings. The van der Waals surface area contributed by atoms with Crippen LogP contribution in [0.15, 0.2) is 48.8 Å². The summed E-state index contributed by atoms with van der Waals surface area (Å²) < 4.78 is 13.4. The third-order valence-electron chi connectivity index (χ3n) is 5.74. The van der Waals surface area contributed by atoms with Crippen LogP contribution in [0.1, 0.15) is 30.7 Å². The highest BCUT2D eigenvalue weighted by atomic mass is 19.1. The fraction of sp³-hybridized carbons (Fsp3) is 0.304. The number of hydrogen-bond donors (Lipinski definition) is 2. The molecule has 160 valence electrons. The molecule has 4 rings (SSSR count). The number of nitrogen functional groups attached to an aromatic ring is 1. The van der Waals surface area contributed by atoms with Gasteiger partial charge in [0.25, 0.3) is 0 Å². The van der Waals surface area contributed by atoms with Gasteiger partial charge in [0.2, 0.25) is 0 Å². The summed E-state index contributed by atoms with van der Waals surface area (Å²) in [5.41, 5.74) is 8.58. The Morgan fingerprint density at radius 3 is 2.68 bits per heavy atom. The lowest BCUT2D eigenvalue weighted by Crippen LogP contribution is -2.53. The number of halogens is 1. The summed E-state index contributed by atoms with van der Waals surface area (Å²) in [6.45, 7) is 5.17. The maximum absolute atomic E-state index is 13.4. The van der Waals surface area contributed by atoms with E-state index < -0.39 is 0 Å². The van der Waals surface area contributed by atoms with Gasteiger partial charge in [-0.05, 0) is 55.3 Å². The quantitative estimate of drug-likeness (QED) is 0.644. The van der Waals surface area contributed by atoms with E-state index in [2.05, 4.69) is 27.2 Å². The van der Waals surface area contributed by atoms with E-state index in [-0.39, 0.29) is 17.8 Å². The van der Waals surface area contributed by atoms with Gasteiger partial charge in [0, 0.05) is 42.9 Å². The summed E-state index contributed by atoms with van der Waals surface area (Å²) in [5, 5.41) is 2.82. The molecule has 0 bridgehead atoms. The molecule has 3 aromatic rings. The van der Waals surface area contributed by atoms with Crippen LogP contribution >= 0.6 is 0 Å². The van der Waals surface area contributed by atoms with Gasteiger partial charge in [0.05, 0.1) is 11.4 Å². The number of aromatic nitrogens is 3. The largest absolute Gasteiger partial charge is 0.396 e. The monoisotopic (exact) mass is 420 g/mol.